The van der Waals surface area contributed by atoms with Gasteiger partial charge in [0.25, 0.3) is 5.91 Å². The average molecular weight is 267 g/mol. The van der Waals surface area contributed by atoms with Gasteiger partial charge in [-0.2, -0.15) is 0 Å². The van der Waals surface area contributed by atoms with E-state index in [1.54, 1.807) is 21.0 Å². The maximum atomic E-state index is 11.7. The number of hydrogen-bond acceptors (Lipinski definition) is 4. The zero-order chi connectivity index (χ0) is 14.6. The van der Waals surface area contributed by atoms with E-state index in [0.717, 1.165) is 0 Å². The zero-order valence-corrected chi connectivity index (χ0v) is 11.3. The van der Waals surface area contributed by atoms with E-state index in [1.807, 2.05) is 0 Å². The van der Waals surface area contributed by atoms with Crippen molar-refractivity contribution in [1.29, 1.82) is 0 Å². The molecule has 0 heterocycles. The third-order valence-corrected chi connectivity index (χ3v) is 2.50. The highest BCUT2D eigenvalue weighted by Gasteiger charge is 2.19. The third kappa shape index (κ3) is 3.61. The minimum Gasteiger partial charge on any atom is -0.493 e. The van der Waals surface area contributed by atoms with Gasteiger partial charge in [0, 0.05) is 14.1 Å². The lowest BCUT2D eigenvalue weighted by atomic mass is 10.2. The van der Waals surface area contributed by atoms with Crippen LogP contribution in [0.3, 0.4) is 0 Å². The van der Waals surface area contributed by atoms with Crippen molar-refractivity contribution >= 4 is 11.9 Å². The van der Waals surface area contributed by atoms with Gasteiger partial charge in [0.2, 0.25) is 0 Å². The minimum absolute atomic E-state index is 0.0933. The Hall–Kier alpha value is -2.24. The van der Waals surface area contributed by atoms with Gasteiger partial charge < -0.3 is 19.5 Å². The fraction of sp³-hybridized carbons (Fsp3) is 0.385. The van der Waals surface area contributed by atoms with Gasteiger partial charge >= 0.3 is 5.97 Å². The summed E-state index contributed by atoms with van der Waals surface area (Å²) in [7, 11) is 4.67. The summed E-state index contributed by atoms with van der Waals surface area (Å²) < 4.78 is 10.5. The van der Waals surface area contributed by atoms with E-state index < -0.39 is 12.1 Å². The van der Waals surface area contributed by atoms with Gasteiger partial charge in [-0.05, 0) is 25.1 Å². The first-order valence-corrected chi connectivity index (χ1v) is 5.66. The van der Waals surface area contributed by atoms with Gasteiger partial charge in [0.05, 0.1) is 12.7 Å². The van der Waals surface area contributed by atoms with Gasteiger partial charge in [0.15, 0.2) is 17.6 Å². The van der Waals surface area contributed by atoms with E-state index in [1.165, 1.54) is 30.2 Å². The van der Waals surface area contributed by atoms with Crippen LogP contribution in [0.4, 0.5) is 0 Å². The summed E-state index contributed by atoms with van der Waals surface area (Å²) in [6, 6.07) is 4.22. The number of ether oxygens (including phenoxy) is 2. The summed E-state index contributed by atoms with van der Waals surface area (Å²) in [4.78, 5) is 24.0. The summed E-state index contributed by atoms with van der Waals surface area (Å²) in [5.41, 5.74) is 0.0933. The number of hydrogen-bond donors (Lipinski definition) is 1. The predicted molar refractivity (Wildman–Crippen MR) is 68.7 cm³/mol. The van der Waals surface area contributed by atoms with Crippen LogP contribution in [0.15, 0.2) is 18.2 Å². The number of nitrogens with zero attached hydrogens (tertiary/aromatic N) is 1. The molecule has 6 heteroatoms. The normalized spacial score (nSPS) is 11.6. The van der Waals surface area contributed by atoms with Crippen molar-refractivity contribution in [2.75, 3.05) is 21.2 Å². The molecule has 0 radical (unpaired) electrons. The lowest BCUT2D eigenvalue weighted by Crippen LogP contribution is -2.35. The number of carbonyl (C=O) groups is 2. The van der Waals surface area contributed by atoms with Crippen molar-refractivity contribution in [3.63, 3.8) is 0 Å². The zero-order valence-electron chi connectivity index (χ0n) is 11.3. The van der Waals surface area contributed by atoms with Crippen molar-refractivity contribution in [1.82, 2.24) is 4.90 Å². The highest BCUT2D eigenvalue weighted by Crippen LogP contribution is 2.29. The average Bonchev–Trinajstić information content (AvgIpc) is 2.37. The number of likely N-dealkylation sites (N-methyl/N-ethyl adjacent to an activating group) is 1. The topological polar surface area (TPSA) is 76.1 Å². The fourth-order valence-corrected chi connectivity index (χ4v) is 1.50. The SMILES string of the molecule is COc1cc(C(=O)O)ccc1OC(C)C(=O)N(C)C. The van der Waals surface area contributed by atoms with Crippen LogP contribution in [-0.4, -0.2) is 49.2 Å². The van der Waals surface area contributed by atoms with Crippen molar-refractivity contribution < 1.29 is 24.2 Å². The molecule has 0 aliphatic heterocycles. The number of methoxy groups -OCH3 is 1. The summed E-state index contributed by atoms with van der Waals surface area (Å²) in [6.45, 7) is 1.62. The fourth-order valence-electron chi connectivity index (χ4n) is 1.50. The standard InChI is InChI=1S/C13H17NO5/c1-8(12(15)14(2)3)19-10-6-5-9(13(16)17)7-11(10)18-4/h5-8H,1-4H3,(H,16,17). The molecule has 0 bridgehead atoms. The smallest absolute Gasteiger partial charge is 0.335 e. The first-order chi connectivity index (χ1) is 8.86. The second-order valence-corrected chi connectivity index (χ2v) is 4.16. The molecule has 0 saturated heterocycles. The molecule has 0 saturated carbocycles. The van der Waals surface area contributed by atoms with Crippen LogP contribution in [0, 0.1) is 0 Å². The number of benzene rings is 1. The minimum atomic E-state index is -1.05. The Bertz CT molecular complexity index is 484. The van der Waals surface area contributed by atoms with E-state index in [9.17, 15) is 9.59 Å². The van der Waals surface area contributed by atoms with Crippen LogP contribution < -0.4 is 9.47 Å². The largest absolute Gasteiger partial charge is 0.493 e. The molecule has 0 spiro atoms. The molecule has 6 nitrogen and oxygen atoms in total. The molecular formula is C13H17NO5. The molecule has 104 valence electrons. The van der Waals surface area contributed by atoms with Crippen LogP contribution in [0.2, 0.25) is 0 Å². The molecule has 0 fully saturated rings. The Morgan fingerprint density at radius 3 is 2.37 bits per heavy atom. The first kappa shape index (κ1) is 14.8. The maximum absolute atomic E-state index is 11.7. The van der Waals surface area contributed by atoms with E-state index in [4.69, 9.17) is 14.6 Å². The molecule has 19 heavy (non-hydrogen) atoms. The van der Waals surface area contributed by atoms with Crippen LogP contribution in [-0.2, 0) is 4.79 Å². The number of aromatic carboxylic acids is 1. The van der Waals surface area contributed by atoms with Gasteiger partial charge in [-0.25, -0.2) is 4.79 Å². The van der Waals surface area contributed by atoms with Crippen molar-refractivity contribution in [2.45, 2.75) is 13.0 Å². The van der Waals surface area contributed by atoms with E-state index in [-0.39, 0.29) is 17.2 Å². The molecule has 1 atom stereocenters. The lowest BCUT2D eigenvalue weighted by molar-refractivity contribution is -0.135. The monoisotopic (exact) mass is 267 g/mol. The van der Waals surface area contributed by atoms with Crippen molar-refractivity contribution in [2.24, 2.45) is 0 Å². The summed E-state index contributed by atoms with van der Waals surface area (Å²) in [5.74, 6) is -0.639. The van der Waals surface area contributed by atoms with Crippen molar-refractivity contribution in [3.05, 3.63) is 23.8 Å². The quantitative estimate of drug-likeness (QED) is 0.868. The van der Waals surface area contributed by atoms with Gasteiger partial charge in [-0.1, -0.05) is 0 Å². The van der Waals surface area contributed by atoms with Gasteiger partial charge in [-0.3, -0.25) is 4.79 Å². The van der Waals surface area contributed by atoms with E-state index in [0.29, 0.717) is 5.75 Å². The molecule has 1 N–H and O–H groups in total. The Morgan fingerprint density at radius 2 is 1.89 bits per heavy atom. The number of carboxylic acids is 1. The van der Waals surface area contributed by atoms with Crippen LogP contribution in [0.5, 0.6) is 11.5 Å². The first-order valence-electron chi connectivity index (χ1n) is 5.66. The summed E-state index contributed by atoms with van der Waals surface area (Å²) >= 11 is 0. The van der Waals surface area contributed by atoms with E-state index >= 15 is 0 Å². The van der Waals surface area contributed by atoms with Gasteiger partial charge in [-0.15, -0.1) is 0 Å². The highest BCUT2D eigenvalue weighted by molar-refractivity contribution is 5.88. The number of amides is 1. The number of rotatable bonds is 5. The molecule has 0 aliphatic carbocycles. The Kier molecular flexibility index (Phi) is 4.74. The molecular weight excluding hydrogens is 250 g/mol. The Balaban J connectivity index is 2.95. The molecule has 1 amide bonds. The third-order valence-electron chi connectivity index (χ3n) is 2.50. The number of carboxylic acid groups (broad SMARTS) is 1. The van der Waals surface area contributed by atoms with Crippen LogP contribution in [0.1, 0.15) is 17.3 Å². The Morgan fingerprint density at radius 1 is 1.26 bits per heavy atom. The molecule has 0 aliphatic rings. The molecule has 0 aromatic heterocycles. The Labute approximate surface area is 111 Å². The maximum Gasteiger partial charge on any atom is 0.335 e. The van der Waals surface area contributed by atoms with Gasteiger partial charge in [0.1, 0.15) is 0 Å². The predicted octanol–water partition coefficient (Wildman–Crippen LogP) is 1.25. The second kappa shape index (κ2) is 6.08. The highest BCUT2D eigenvalue weighted by atomic mass is 16.5. The van der Waals surface area contributed by atoms with E-state index in [2.05, 4.69) is 0 Å². The van der Waals surface area contributed by atoms with Crippen molar-refractivity contribution in [3.8, 4) is 11.5 Å². The molecule has 1 rings (SSSR count). The van der Waals surface area contributed by atoms with Crippen LogP contribution >= 0.6 is 0 Å². The second-order valence-electron chi connectivity index (χ2n) is 4.16. The molecule has 1 aromatic rings. The lowest BCUT2D eigenvalue weighted by Gasteiger charge is -2.19. The summed E-state index contributed by atoms with van der Waals surface area (Å²) in [5, 5.41) is 8.88. The molecule has 1 unspecified atom stereocenters. The van der Waals surface area contributed by atoms with Crippen LogP contribution in [0.25, 0.3) is 0 Å². The molecule has 1 aromatic carbocycles. The summed E-state index contributed by atoms with van der Waals surface area (Å²) in [6.07, 6.45) is -0.681. The number of carbonyl (C=O) groups excluding carboxylic acids is 1.